The molecule has 1 aliphatic rings. The van der Waals surface area contributed by atoms with Gasteiger partial charge in [0.1, 0.15) is 24.1 Å². The van der Waals surface area contributed by atoms with E-state index in [1.807, 2.05) is 13.8 Å². The maximum absolute atomic E-state index is 11.6. The molecule has 1 radical (unpaired) electrons. The Morgan fingerprint density at radius 2 is 2.00 bits per heavy atom. The molecule has 1 saturated carbocycles. The normalized spacial score (nSPS) is 19.5. The molecule has 0 N–H and O–H groups in total. The number of nitrogens with zero attached hydrogens (tertiary/aromatic N) is 1. The van der Waals surface area contributed by atoms with Gasteiger partial charge in [0.25, 0.3) is 0 Å². The highest BCUT2D eigenvalue weighted by molar-refractivity contribution is 6.22. The van der Waals surface area contributed by atoms with Crippen molar-refractivity contribution in [3.8, 4) is 0 Å². The summed E-state index contributed by atoms with van der Waals surface area (Å²) in [4.78, 5) is 28.1. The second kappa shape index (κ2) is 5.63. The minimum atomic E-state index is -0.661. The van der Waals surface area contributed by atoms with Crippen LogP contribution >= 0.6 is 0 Å². The average molecular weight is 210 g/mol. The second-order valence-electron chi connectivity index (χ2n) is 3.42. The number of rotatable bonds is 4. The van der Waals surface area contributed by atoms with Crippen LogP contribution in [0.3, 0.4) is 0 Å². The van der Waals surface area contributed by atoms with E-state index < -0.39 is 5.92 Å². The monoisotopic (exact) mass is 210 g/mol. The maximum atomic E-state index is 11.6. The molecule has 0 aromatic carbocycles. The second-order valence-corrected chi connectivity index (χ2v) is 3.42. The standard InChI is InChI=1S/C11H16NO3/c1-3-8(12-15-4-2)11-9(13)6-5-7-10(11)14/h5,11H,3-4,6-7H2,1-2H3. The zero-order chi connectivity index (χ0) is 11.3. The molecule has 0 aliphatic heterocycles. The zero-order valence-corrected chi connectivity index (χ0v) is 9.16. The Balaban J connectivity index is 2.80. The Morgan fingerprint density at radius 3 is 2.47 bits per heavy atom. The summed E-state index contributed by atoms with van der Waals surface area (Å²) in [5.74, 6) is -0.787. The van der Waals surface area contributed by atoms with Crippen LogP contribution in [0.25, 0.3) is 0 Å². The minimum absolute atomic E-state index is 0.0634. The first-order chi connectivity index (χ1) is 7.20. The smallest absolute Gasteiger partial charge is 0.149 e. The van der Waals surface area contributed by atoms with Gasteiger partial charge < -0.3 is 4.84 Å². The lowest BCUT2D eigenvalue weighted by Crippen LogP contribution is -2.35. The Morgan fingerprint density at radius 1 is 1.40 bits per heavy atom. The summed E-state index contributed by atoms with van der Waals surface area (Å²) in [6, 6.07) is 0. The van der Waals surface area contributed by atoms with Crippen molar-refractivity contribution in [1.82, 2.24) is 0 Å². The molecule has 83 valence electrons. The third kappa shape index (κ3) is 2.88. The molecule has 0 atom stereocenters. The molecule has 15 heavy (non-hydrogen) atoms. The molecule has 0 bridgehead atoms. The number of carbonyl (C=O) groups excluding carboxylic acids is 2. The summed E-state index contributed by atoms with van der Waals surface area (Å²) >= 11 is 0. The fourth-order valence-electron chi connectivity index (χ4n) is 1.61. The van der Waals surface area contributed by atoms with Crippen LogP contribution in [-0.4, -0.2) is 23.9 Å². The van der Waals surface area contributed by atoms with Crippen LogP contribution in [0.2, 0.25) is 0 Å². The number of oxime groups is 1. The first-order valence-electron chi connectivity index (χ1n) is 5.26. The van der Waals surface area contributed by atoms with E-state index in [4.69, 9.17) is 4.84 Å². The molecule has 0 saturated heterocycles. The van der Waals surface area contributed by atoms with Crippen LogP contribution in [0.15, 0.2) is 5.16 Å². The van der Waals surface area contributed by atoms with Crippen molar-refractivity contribution in [3.05, 3.63) is 6.42 Å². The van der Waals surface area contributed by atoms with Crippen LogP contribution in [-0.2, 0) is 14.4 Å². The number of hydrogen-bond acceptors (Lipinski definition) is 4. The van der Waals surface area contributed by atoms with E-state index in [1.165, 1.54) is 0 Å². The summed E-state index contributed by atoms with van der Waals surface area (Å²) in [6.45, 7) is 4.14. The first-order valence-corrected chi connectivity index (χ1v) is 5.26. The highest BCUT2D eigenvalue weighted by atomic mass is 16.6. The van der Waals surface area contributed by atoms with Crippen LogP contribution < -0.4 is 0 Å². The van der Waals surface area contributed by atoms with Gasteiger partial charge in [0.05, 0.1) is 5.71 Å². The van der Waals surface area contributed by atoms with Crippen LogP contribution in [0.1, 0.15) is 33.1 Å². The summed E-state index contributed by atoms with van der Waals surface area (Å²) in [7, 11) is 0. The van der Waals surface area contributed by atoms with Gasteiger partial charge in [-0.05, 0) is 19.8 Å². The number of hydrogen-bond donors (Lipinski definition) is 0. The third-order valence-electron chi connectivity index (χ3n) is 2.34. The van der Waals surface area contributed by atoms with E-state index in [9.17, 15) is 9.59 Å². The lowest BCUT2D eigenvalue weighted by molar-refractivity contribution is -0.131. The summed E-state index contributed by atoms with van der Waals surface area (Å²) in [6.07, 6.45) is 3.01. The van der Waals surface area contributed by atoms with Gasteiger partial charge in [-0.3, -0.25) is 9.59 Å². The average Bonchev–Trinajstić information content (AvgIpc) is 2.22. The van der Waals surface area contributed by atoms with E-state index >= 15 is 0 Å². The van der Waals surface area contributed by atoms with Gasteiger partial charge in [0.2, 0.25) is 0 Å². The van der Waals surface area contributed by atoms with Crippen molar-refractivity contribution in [2.24, 2.45) is 11.1 Å². The minimum Gasteiger partial charge on any atom is -0.396 e. The molecule has 1 rings (SSSR count). The number of Topliss-reactive ketones (excluding diaryl/α,β-unsaturated/α-hetero) is 2. The Bertz CT molecular complexity index is 268. The van der Waals surface area contributed by atoms with Crippen molar-refractivity contribution in [2.45, 2.75) is 33.1 Å². The van der Waals surface area contributed by atoms with E-state index in [0.717, 1.165) is 0 Å². The van der Waals surface area contributed by atoms with Crippen molar-refractivity contribution in [1.29, 1.82) is 0 Å². The van der Waals surface area contributed by atoms with Crippen molar-refractivity contribution in [2.75, 3.05) is 6.61 Å². The number of ketones is 2. The quantitative estimate of drug-likeness (QED) is 0.402. The van der Waals surface area contributed by atoms with Gasteiger partial charge in [0.15, 0.2) is 0 Å². The fourth-order valence-corrected chi connectivity index (χ4v) is 1.61. The predicted octanol–water partition coefficient (Wildman–Crippen LogP) is 1.54. The SMILES string of the molecule is CCON=C(CC)C1C(=O)C[CH]CC1=O. The largest absolute Gasteiger partial charge is 0.396 e. The van der Waals surface area contributed by atoms with Crippen LogP contribution in [0, 0.1) is 12.3 Å². The first kappa shape index (κ1) is 11.9. The molecule has 0 unspecified atom stereocenters. The highest BCUT2D eigenvalue weighted by Crippen LogP contribution is 2.19. The Kier molecular flexibility index (Phi) is 4.46. The maximum Gasteiger partial charge on any atom is 0.149 e. The molecule has 0 aromatic heterocycles. The molecule has 0 amide bonds. The third-order valence-corrected chi connectivity index (χ3v) is 2.34. The Labute approximate surface area is 89.7 Å². The van der Waals surface area contributed by atoms with Crippen molar-refractivity contribution >= 4 is 17.3 Å². The summed E-state index contributed by atoms with van der Waals surface area (Å²) < 4.78 is 0. The molecule has 1 aliphatic carbocycles. The van der Waals surface area contributed by atoms with Gasteiger partial charge in [-0.2, -0.15) is 0 Å². The molecule has 0 aromatic rings. The fraction of sp³-hybridized carbons (Fsp3) is 0.636. The lowest BCUT2D eigenvalue weighted by atomic mass is 9.82. The Hall–Kier alpha value is -1.19. The van der Waals surface area contributed by atoms with Gasteiger partial charge in [-0.25, -0.2) is 0 Å². The summed E-state index contributed by atoms with van der Waals surface area (Å²) in [5.41, 5.74) is 0.556. The molecule has 4 heteroatoms. The number of carbonyl (C=O) groups is 2. The van der Waals surface area contributed by atoms with E-state index in [2.05, 4.69) is 5.16 Å². The van der Waals surface area contributed by atoms with Crippen LogP contribution in [0.5, 0.6) is 0 Å². The van der Waals surface area contributed by atoms with Gasteiger partial charge >= 0.3 is 0 Å². The van der Waals surface area contributed by atoms with Crippen molar-refractivity contribution < 1.29 is 14.4 Å². The molecular weight excluding hydrogens is 194 g/mol. The summed E-state index contributed by atoms with van der Waals surface area (Å²) in [5, 5.41) is 3.85. The van der Waals surface area contributed by atoms with Crippen molar-refractivity contribution in [3.63, 3.8) is 0 Å². The molecule has 1 fully saturated rings. The molecule has 0 spiro atoms. The molecule has 0 heterocycles. The van der Waals surface area contributed by atoms with E-state index in [1.54, 1.807) is 6.42 Å². The molecule has 4 nitrogen and oxygen atoms in total. The van der Waals surface area contributed by atoms with Gasteiger partial charge in [-0.1, -0.05) is 12.1 Å². The molecular formula is C11H16NO3. The van der Waals surface area contributed by atoms with E-state index in [0.29, 0.717) is 31.6 Å². The predicted molar refractivity (Wildman–Crippen MR) is 56.4 cm³/mol. The highest BCUT2D eigenvalue weighted by Gasteiger charge is 2.33. The van der Waals surface area contributed by atoms with E-state index in [-0.39, 0.29) is 11.6 Å². The van der Waals surface area contributed by atoms with Crippen LogP contribution in [0.4, 0.5) is 0 Å². The van der Waals surface area contributed by atoms with Gasteiger partial charge in [-0.15, -0.1) is 0 Å². The lowest BCUT2D eigenvalue weighted by Gasteiger charge is -2.19. The topological polar surface area (TPSA) is 55.7 Å². The van der Waals surface area contributed by atoms with Gasteiger partial charge in [0, 0.05) is 12.8 Å². The zero-order valence-electron chi connectivity index (χ0n) is 9.16.